The number of alkyl carbamates (subject to hydrolysis) is 1. The highest BCUT2D eigenvalue weighted by molar-refractivity contribution is 5.92. The van der Waals surface area contributed by atoms with Crippen LogP contribution >= 0.6 is 0 Å². The number of ether oxygens (including phenoxy) is 1. The second-order valence-electron chi connectivity index (χ2n) is 8.67. The highest BCUT2D eigenvalue weighted by atomic mass is 16.6. The van der Waals surface area contributed by atoms with Crippen molar-refractivity contribution in [3.05, 3.63) is 35.4 Å². The first-order chi connectivity index (χ1) is 13.1. The Morgan fingerprint density at radius 2 is 1.68 bits per heavy atom. The highest BCUT2D eigenvalue weighted by Crippen LogP contribution is 2.28. The monoisotopic (exact) mass is 388 g/mol. The molecule has 0 aliphatic heterocycles. The first-order valence-corrected chi connectivity index (χ1v) is 10.0. The Hall–Kier alpha value is -2.37. The number of carbonyl (C=O) groups excluding carboxylic acids is 3. The average molecular weight is 389 g/mol. The van der Waals surface area contributed by atoms with Gasteiger partial charge in [-0.1, -0.05) is 12.1 Å². The van der Waals surface area contributed by atoms with Crippen LogP contribution < -0.4 is 11.1 Å². The summed E-state index contributed by atoms with van der Waals surface area (Å²) in [5.41, 5.74) is 6.25. The van der Waals surface area contributed by atoms with Gasteiger partial charge in [-0.3, -0.25) is 9.59 Å². The van der Waals surface area contributed by atoms with Crippen molar-refractivity contribution in [3.8, 4) is 0 Å². The number of nitrogens with two attached hydrogens (primary N) is 1. The van der Waals surface area contributed by atoms with Crippen molar-refractivity contribution in [2.24, 2.45) is 11.7 Å². The van der Waals surface area contributed by atoms with Gasteiger partial charge in [0.25, 0.3) is 0 Å². The lowest BCUT2D eigenvalue weighted by Crippen LogP contribution is -2.41. The average Bonchev–Trinajstić information content (AvgIpc) is 2.60. The van der Waals surface area contributed by atoms with Crippen LogP contribution in [0, 0.1) is 5.92 Å². The van der Waals surface area contributed by atoms with Crippen molar-refractivity contribution in [1.29, 1.82) is 0 Å². The minimum absolute atomic E-state index is 0.130. The number of benzene rings is 1. The molecule has 0 heterocycles. The van der Waals surface area contributed by atoms with Gasteiger partial charge in [-0.2, -0.15) is 0 Å². The fourth-order valence-corrected chi connectivity index (χ4v) is 3.53. The number of carbonyl (C=O) groups is 3. The van der Waals surface area contributed by atoms with Crippen LogP contribution in [0.15, 0.2) is 24.3 Å². The molecule has 154 valence electrons. The quantitative estimate of drug-likeness (QED) is 0.743. The number of nitrogens with one attached hydrogen (secondary N) is 1. The van der Waals surface area contributed by atoms with Gasteiger partial charge in [-0.15, -0.1) is 0 Å². The predicted octanol–water partition coefficient (Wildman–Crippen LogP) is 3.76. The second-order valence-corrected chi connectivity index (χ2v) is 8.67. The number of ketones is 1. The van der Waals surface area contributed by atoms with E-state index in [1.807, 2.05) is 32.9 Å². The number of primary amides is 1. The van der Waals surface area contributed by atoms with E-state index in [9.17, 15) is 14.4 Å². The van der Waals surface area contributed by atoms with Crippen molar-refractivity contribution < 1.29 is 19.1 Å². The summed E-state index contributed by atoms with van der Waals surface area (Å²) in [4.78, 5) is 35.2. The van der Waals surface area contributed by atoms with Gasteiger partial charge in [0, 0.05) is 24.4 Å². The molecule has 1 aromatic carbocycles. The maximum Gasteiger partial charge on any atom is 0.407 e. The largest absolute Gasteiger partial charge is 0.444 e. The van der Waals surface area contributed by atoms with E-state index < -0.39 is 11.5 Å². The van der Waals surface area contributed by atoms with Crippen molar-refractivity contribution >= 4 is 17.8 Å². The molecule has 1 fully saturated rings. The number of hydrogen-bond acceptors (Lipinski definition) is 4. The standard InChI is InChI=1S/C22H32N2O4/c1-22(2,3)28-21(27)24-18-11-6-16(7-12-18)14-19(25)13-8-15-4-9-17(10-5-15)20(23)26/h4-5,9-10,16,18H,6-8,11-14H2,1-3H3,(H2,23,26)(H,24,27). The van der Waals surface area contributed by atoms with E-state index in [0.29, 0.717) is 30.7 Å². The van der Waals surface area contributed by atoms with Gasteiger partial charge >= 0.3 is 6.09 Å². The lowest BCUT2D eigenvalue weighted by molar-refractivity contribution is -0.120. The Balaban J connectivity index is 1.67. The van der Waals surface area contributed by atoms with Crippen LogP contribution in [0.25, 0.3) is 0 Å². The second kappa shape index (κ2) is 9.71. The van der Waals surface area contributed by atoms with Crippen LogP contribution in [-0.2, 0) is 16.0 Å². The normalized spacial score (nSPS) is 19.7. The van der Waals surface area contributed by atoms with Crippen molar-refractivity contribution in [2.45, 2.75) is 77.4 Å². The smallest absolute Gasteiger partial charge is 0.407 e. The molecular formula is C22H32N2O4. The maximum absolute atomic E-state index is 12.3. The highest BCUT2D eigenvalue weighted by Gasteiger charge is 2.25. The Bertz CT molecular complexity index is 683. The van der Waals surface area contributed by atoms with Gasteiger partial charge in [0.05, 0.1) is 0 Å². The molecular weight excluding hydrogens is 356 g/mol. The maximum atomic E-state index is 12.3. The third kappa shape index (κ3) is 7.71. The van der Waals surface area contributed by atoms with E-state index in [1.54, 1.807) is 12.1 Å². The molecule has 0 aromatic heterocycles. The van der Waals surface area contributed by atoms with Crippen molar-refractivity contribution in [2.75, 3.05) is 0 Å². The summed E-state index contributed by atoms with van der Waals surface area (Å²) >= 11 is 0. The van der Waals surface area contributed by atoms with Crippen molar-refractivity contribution in [1.82, 2.24) is 5.32 Å². The zero-order valence-corrected chi connectivity index (χ0v) is 17.1. The third-order valence-electron chi connectivity index (χ3n) is 5.01. The molecule has 1 aliphatic carbocycles. The van der Waals surface area contributed by atoms with E-state index in [4.69, 9.17) is 10.5 Å². The molecule has 3 N–H and O–H groups in total. The fourth-order valence-electron chi connectivity index (χ4n) is 3.53. The molecule has 1 saturated carbocycles. The molecule has 0 saturated heterocycles. The zero-order valence-electron chi connectivity index (χ0n) is 17.1. The lowest BCUT2D eigenvalue weighted by Gasteiger charge is -2.29. The Labute approximate surface area is 167 Å². The number of aryl methyl sites for hydroxylation is 1. The lowest BCUT2D eigenvalue weighted by atomic mass is 9.82. The summed E-state index contributed by atoms with van der Waals surface area (Å²) < 4.78 is 5.30. The number of amides is 2. The topological polar surface area (TPSA) is 98.5 Å². The number of Topliss-reactive ketones (excluding diaryl/α,β-unsaturated/α-hetero) is 1. The molecule has 1 aromatic rings. The summed E-state index contributed by atoms with van der Waals surface area (Å²) in [6, 6.07) is 7.22. The fraction of sp³-hybridized carbons (Fsp3) is 0.591. The van der Waals surface area contributed by atoms with Crippen LogP contribution in [0.5, 0.6) is 0 Å². The molecule has 1 aliphatic rings. The van der Waals surface area contributed by atoms with Gasteiger partial charge in [0.15, 0.2) is 0 Å². The molecule has 2 amide bonds. The molecule has 6 heteroatoms. The van der Waals surface area contributed by atoms with Crippen LogP contribution in [-0.4, -0.2) is 29.4 Å². The molecule has 0 spiro atoms. The SMILES string of the molecule is CC(C)(C)OC(=O)NC1CCC(CC(=O)CCc2ccc(C(N)=O)cc2)CC1. The van der Waals surface area contributed by atoms with Gasteiger partial charge in [0.2, 0.25) is 5.91 Å². The van der Waals surface area contributed by atoms with Crippen LogP contribution in [0.4, 0.5) is 4.79 Å². The molecule has 6 nitrogen and oxygen atoms in total. The van der Waals surface area contributed by atoms with E-state index in [2.05, 4.69) is 5.32 Å². The summed E-state index contributed by atoms with van der Waals surface area (Å²) in [6.45, 7) is 5.55. The molecule has 0 unspecified atom stereocenters. The summed E-state index contributed by atoms with van der Waals surface area (Å²) in [5.74, 6) is 0.211. The van der Waals surface area contributed by atoms with Crippen molar-refractivity contribution in [3.63, 3.8) is 0 Å². The van der Waals surface area contributed by atoms with Gasteiger partial charge in [-0.25, -0.2) is 4.79 Å². The summed E-state index contributed by atoms with van der Waals surface area (Å²) in [6.07, 6.45) is 5.06. The van der Waals surface area contributed by atoms with Gasteiger partial charge < -0.3 is 15.8 Å². The number of hydrogen-bond donors (Lipinski definition) is 2. The van der Waals surface area contributed by atoms with E-state index in [-0.39, 0.29) is 17.9 Å². The van der Waals surface area contributed by atoms with Gasteiger partial charge in [-0.05, 0) is 76.5 Å². The third-order valence-corrected chi connectivity index (χ3v) is 5.01. The summed E-state index contributed by atoms with van der Waals surface area (Å²) in [7, 11) is 0. The summed E-state index contributed by atoms with van der Waals surface area (Å²) in [5, 5.41) is 2.93. The number of rotatable bonds is 7. The Kier molecular flexibility index (Phi) is 7.61. The van der Waals surface area contributed by atoms with Gasteiger partial charge in [0.1, 0.15) is 11.4 Å². The Morgan fingerprint density at radius 1 is 1.07 bits per heavy atom. The van der Waals surface area contributed by atoms with E-state index in [0.717, 1.165) is 31.2 Å². The Morgan fingerprint density at radius 3 is 2.21 bits per heavy atom. The molecule has 28 heavy (non-hydrogen) atoms. The molecule has 2 rings (SSSR count). The molecule has 0 radical (unpaired) electrons. The zero-order chi connectivity index (χ0) is 20.7. The minimum Gasteiger partial charge on any atom is -0.444 e. The first-order valence-electron chi connectivity index (χ1n) is 10.0. The van der Waals surface area contributed by atoms with Crippen LogP contribution in [0.2, 0.25) is 0 Å². The molecule has 0 bridgehead atoms. The minimum atomic E-state index is -0.492. The van der Waals surface area contributed by atoms with E-state index in [1.165, 1.54) is 0 Å². The first kappa shape index (κ1) is 21.9. The van der Waals surface area contributed by atoms with E-state index >= 15 is 0 Å². The molecule has 0 atom stereocenters. The van der Waals surface area contributed by atoms with Crippen LogP contribution in [0.1, 0.15) is 75.2 Å². The predicted molar refractivity (Wildman–Crippen MR) is 108 cm³/mol. The van der Waals surface area contributed by atoms with Crippen LogP contribution in [0.3, 0.4) is 0 Å².